The molecule has 0 aromatic heterocycles. The molecule has 0 amide bonds. The van der Waals surface area contributed by atoms with Crippen LogP contribution in [-0.2, 0) is 11.3 Å². The highest BCUT2D eigenvalue weighted by Crippen LogP contribution is 2.33. The molecule has 0 bridgehead atoms. The molecule has 3 unspecified atom stereocenters. The lowest BCUT2D eigenvalue weighted by molar-refractivity contribution is -0.0539. The molecule has 5 heteroatoms. The van der Waals surface area contributed by atoms with E-state index in [1.165, 1.54) is 6.07 Å². The predicted molar refractivity (Wildman–Crippen MR) is 79.5 cm³/mol. The minimum atomic E-state index is -0.337. The van der Waals surface area contributed by atoms with Gasteiger partial charge in [0.1, 0.15) is 5.82 Å². The van der Waals surface area contributed by atoms with Crippen molar-refractivity contribution in [1.29, 1.82) is 5.26 Å². The third-order valence-corrected chi connectivity index (χ3v) is 4.86. The molecule has 4 nitrogen and oxygen atoms in total. The summed E-state index contributed by atoms with van der Waals surface area (Å²) in [5, 5.41) is 19.0. The maximum atomic E-state index is 14.1. The summed E-state index contributed by atoms with van der Waals surface area (Å²) in [6.45, 7) is 2.47. The lowest BCUT2D eigenvalue weighted by Gasteiger charge is -2.40. The normalized spacial score (nSPS) is 29.4. The van der Waals surface area contributed by atoms with Gasteiger partial charge in [0.25, 0.3) is 0 Å². The summed E-state index contributed by atoms with van der Waals surface area (Å²) in [5.41, 5.74) is 0.935. The molecule has 0 spiro atoms. The summed E-state index contributed by atoms with van der Waals surface area (Å²) in [7, 11) is 0. The van der Waals surface area contributed by atoms with Gasteiger partial charge >= 0.3 is 0 Å². The highest BCUT2D eigenvalue weighted by Gasteiger charge is 2.37. The van der Waals surface area contributed by atoms with Crippen LogP contribution < -0.4 is 0 Å². The summed E-state index contributed by atoms with van der Waals surface area (Å²) in [6.07, 6.45) is 2.61. The molecular formula is C17H21FN2O2. The van der Waals surface area contributed by atoms with Gasteiger partial charge in [-0.25, -0.2) is 4.39 Å². The highest BCUT2D eigenvalue weighted by molar-refractivity contribution is 5.32. The number of aliphatic hydroxyl groups excluding tert-OH is 1. The molecule has 3 atom stereocenters. The van der Waals surface area contributed by atoms with Gasteiger partial charge in [0.05, 0.1) is 31.0 Å². The number of nitrogens with zero attached hydrogens (tertiary/aromatic N) is 2. The number of morpholine rings is 1. The number of aliphatic hydroxyl groups is 1. The average Bonchev–Trinajstić information content (AvgIpc) is 2.96. The molecule has 1 N–H and O–H groups in total. The van der Waals surface area contributed by atoms with Crippen LogP contribution in [0.2, 0.25) is 0 Å². The molecule has 1 aliphatic carbocycles. The number of nitriles is 1. The zero-order chi connectivity index (χ0) is 15.5. The number of benzene rings is 1. The zero-order valence-electron chi connectivity index (χ0n) is 12.5. The summed E-state index contributed by atoms with van der Waals surface area (Å²) in [6, 6.07) is 6.72. The molecule has 2 fully saturated rings. The van der Waals surface area contributed by atoms with Gasteiger partial charge in [-0.3, -0.25) is 4.90 Å². The predicted octanol–water partition coefficient (Wildman–Crippen LogP) is 2.06. The number of ether oxygens (including phenoxy) is 1. The van der Waals surface area contributed by atoms with Crippen molar-refractivity contribution in [3.05, 3.63) is 35.1 Å². The van der Waals surface area contributed by atoms with Crippen molar-refractivity contribution < 1.29 is 14.2 Å². The van der Waals surface area contributed by atoms with Crippen LogP contribution in [0.5, 0.6) is 0 Å². The van der Waals surface area contributed by atoms with E-state index < -0.39 is 0 Å². The van der Waals surface area contributed by atoms with E-state index in [1.807, 2.05) is 6.07 Å². The van der Waals surface area contributed by atoms with Crippen molar-refractivity contribution >= 4 is 0 Å². The van der Waals surface area contributed by atoms with Crippen LogP contribution in [0.3, 0.4) is 0 Å². The van der Waals surface area contributed by atoms with Crippen molar-refractivity contribution in [2.45, 2.75) is 38.0 Å². The second kappa shape index (κ2) is 6.74. The van der Waals surface area contributed by atoms with E-state index in [4.69, 9.17) is 10.00 Å². The Hall–Kier alpha value is -1.48. The molecule has 1 saturated carbocycles. The Kier molecular flexibility index (Phi) is 4.72. The Balaban J connectivity index is 1.75. The van der Waals surface area contributed by atoms with Crippen molar-refractivity contribution in [2.75, 3.05) is 19.8 Å². The van der Waals surface area contributed by atoms with Gasteiger partial charge in [0, 0.05) is 30.6 Å². The van der Waals surface area contributed by atoms with Crippen LogP contribution in [-0.4, -0.2) is 41.9 Å². The molecule has 0 radical (unpaired) electrons. The van der Waals surface area contributed by atoms with Gasteiger partial charge in [-0.2, -0.15) is 5.26 Å². The van der Waals surface area contributed by atoms with E-state index in [2.05, 4.69) is 4.90 Å². The minimum absolute atomic E-state index is 0.140. The minimum Gasteiger partial charge on any atom is -0.393 e. The Morgan fingerprint density at radius 1 is 1.41 bits per heavy atom. The largest absolute Gasteiger partial charge is 0.393 e. The fourth-order valence-electron chi connectivity index (χ4n) is 3.63. The second-order valence-electron chi connectivity index (χ2n) is 6.19. The van der Waals surface area contributed by atoms with Gasteiger partial charge in [-0.15, -0.1) is 0 Å². The van der Waals surface area contributed by atoms with E-state index in [1.54, 1.807) is 12.1 Å². The molecule has 1 saturated heterocycles. The molecule has 1 heterocycles. The van der Waals surface area contributed by atoms with Crippen molar-refractivity contribution in [3.63, 3.8) is 0 Å². The van der Waals surface area contributed by atoms with Gasteiger partial charge in [0.2, 0.25) is 0 Å². The van der Waals surface area contributed by atoms with Crippen LogP contribution in [0.25, 0.3) is 0 Å². The van der Waals surface area contributed by atoms with E-state index in [0.717, 1.165) is 25.8 Å². The van der Waals surface area contributed by atoms with Gasteiger partial charge in [0.15, 0.2) is 0 Å². The molecular weight excluding hydrogens is 283 g/mol. The lowest BCUT2D eigenvalue weighted by atomic mass is 9.94. The fraction of sp³-hybridized carbons (Fsp3) is 0.588. The summed E-state index contributed by atoms with van der Waals surface area (Å²) in [4.78, 5) is 2.22. The molecule has 118 valence electrons. The number of halogens is 1. The van der Waals surface area contributed by atoms with Crippen molar-refractivity contribution in [3.8, 4) is 6.07 Å². The highest BCUT2D eigenvalue weighted by atomic mass is 19.1. The van der Waals surface area contributed by atoms with E-state index >= 15 is 0 Å². The summed E-state index contributed by atoms with van der Waals surface area (Å²) >= 11 is 0. The van der Waals surface area contributed by atoms with Crippen LogP contribution >= 0.6 is 0 Å². The first-order valence-electron chi connectivity index (χ1n) is 7.87. The molecule has 3 rings (SSSR count). The first kappa shape index (κ1) is 15.4. The van der Waals surface area contributed by atoms with Gasteiger partial charge in [-0.05, 0) is 25.0 Å². The van der Waals surface area contributed by atoms with E-state index in [-0.39, 0.29) is 23.9 Å². The molecule has 2 aliphatic rings. The Morgan fingerprint density at radius 2 is 2.27 bits per heavy atom. The SMILES string of the molecule is N#Cc1ccc(CN2CCOCC2C2CCCC2O)c(F)c1. The molecule has 1 aromatic rings. The third kappa shape index (κ3) is 3.14. The topological polar surface area (TPSA) is 56.5 Å². The van der Waals surface area contributed by atoms with Gasteiger partial charge in [-0.1, -0.05) is 12.5 Å². The lowest BCUT2D eigenvalue weighted by Crippen LogP contribution is -2.50. The van der Waals surface area contributed by atoms with Crippen LogP contribution in [0.15, 0.2) is 18.2 Å². The van der Waals surface area contributed by atoms with Gasteiger partial charge < -0.3 is 9.84 Å². The zero-order valence-corrected chi connectivity index (χ0v) is 12.5. The summed E-state index contributed by atoms with van der Waals surface area (Å²) < 4.78 is 19.7. The molecule has 1 aliphatic heterocycles. The van der Waals surface area contributed by atoms with Crippen LogP contribution in [0.1, 0.15) is 30.4 Å². The molecule has 1 aromatic carbocycles. The second-order valence-corrected chi connectivity index (χ2v) is 6.19. The fourth-order valence-corrected chi connectivity index (χ4v) is 3.63. The van der Waals surface area contributed by atoms with Crippen molar-refractivity contribution in [1.82, 2.24) is 4.90 Å². The summed E-state index contributed by atoms with van der Waals surface area (Å²) in [5.74, 6) is -0.127. The first-order valence-corrected chi connectivity index (χ1v) is 7.87. The maximum absolute atomic E-state index is 14.1. The monoisotopic (exact) mass is 304 g/mol. The Bertz CT molecular complexity index is 572. The Labute approximate surface area is 130 Å². The Morgan fingerprint density at radius 3 is 2.95 bits per heavy atom. The smallest absolute Gasteiger partial charge is 0.129 e. The average molecular weight is 304 g/mol. The van der Waals surface area contributed by atoms with Crippen LogP contribution in [0.4, 0.5) is 4.39 Å². The maximum Gasteiger partial charge on any atom is 0.129 e. The number of hydrogen-bond acceptors (Lipinski definition) is 4. The number of hydrogen-bond donors (Lipinski definition) is 1. The van der Waals surface area contributed by atoms with Crippen LogP contribution in [0, 0.1) is 23.1 Å². The standard InChI is InChI=1S/C17H21FN2O2/c18-15-8-12(9-19)4-5-13(15)10-20-6-7-22-11-16(20)14-2-1-3-17(14)21/h4-5,8,14,16-17,21H,1-3,6-7,10-11H2. The van der Waals surface area contributed by atoms with E-state index in [9.17, 15) is 9.50 Å². The first-order chi connectivity index (χ1) is 10.7. The van der Waals surface area contributed by atoms with E-state index in [0.29, 0.717) is 30.9 Å². The third-order valence-electron chi connectivity index (χ3n) is 4.86. The number of rotatable bonds is 3. The molecule has 22 heavy (non-hydrogen) atoms. The quantitative estimate of drug-likeness (QED) is 0.928. The van der Waals surface area contributed by atoms with Crippen molar-refractivity contribution in [2.24, 2.45) is 5.92 Å².